The second-order valence-electron chi connectivity index (χ2n) is 5.65. The van der Waals surface area contributed by atoms with E-state index in [9.17, 15) is 4.79 Å². The molecule has 3 nitrogen and oxygen atoms in total. The topological polar surface area (TPSA) is 42.0 Å². The number of aromatic nitrogens is 1. The van der Waals surface area contributed by atoms with Crippen molar-refractivity contribution < 1.29 is 4.79 Å². The van der Waals surface area contributed by atoms with Gasteiger partial charge in [0, 0.05) is 11.1 Å². The third-order valence-electron chi connectivity index (χ3n) is 3.68. The van der Waals surface area contributed by atoms with Gasteiger partial charge in [-0.25, -0.2) is 4.98 Å². The standard InChI is InChI=1S/C19H20N2OS2/c1-2-3-5-14-7-9-15(10-8-14)20-18(22)12-16-13-24-19(21-16)17-6-4-11-23-17/h4,6-11,13H,2-3,5,12H2,1H3,(H,20,22). The first kappa shape index (κ1) is 16.9. The van der Waals surface area contributed by atoms with E-state index >= 15 is 0 Å². The Kier molecular flexibility index (Phi) is 5.77. The van der Waals surface area contributed by atoms with Crippen LogP contribution in [0.25, 0.3) is 9.88 Å². The van der Waals surface area contributed by atoms with Gasteiger partial charge < -0.3 is 5.32 Å². The fraction of sp³-hybridized carbons (Fsp3) is 0.263. The number of thiophene rings is 1. The number of hydrogen-bond acceptors (Lipinski definition) is 4. The summed E-state index contributed by atoms with van der Waals surface area (Å²) >= 11 is 3.25. The molecule has 3 rings (SSSR count). The Hall–Kier alpha value is -1.98. The van der Waals surface area contributed by atoms with E-state index in [2.05, 4.69) is 29.4 Å². The summed E-state index contributed by atoms with van der Waals surface area (Å²) in [6.07, 6.45) is 3.79. The molecule has 1 N–H and O–H groups in total. The van der Waals surface area contributed by atoms with Crippen molar-refractivity contribution in [3.8, 4) is 9.88 Å². The molecule has 5 heteroatoms. The lowest BCUT2D eigenvalue weighted by molar-refractivity contribution is -0.115. The van der Waals surface area contributed by atoms with Crippen molar-refractivity contribution in [3.63, 3.8) is 0 Å². The summed E-state index contributed by atoms with van der Waals surface area (Å²) < 4.78 is 0. The molecule has 0 fully saturated rings. The number of anilines is 1. The van der Waals surface area contributed by atoms with Crippen molar-refractivity contribution >= 4 is 34.3 Å². The van der Waals surface area contributed by atoms with Gasteiger partial charge in [0.15, 0.2) is 0 Å². The van der Waals surface area contributed by atoms with Crippen LogP contribution in [0.5, 0.6) is 0 Å². The van der Waals surface area contributed by atoms with Crippen molar-refractivity contribution in [1.82, 2.24) is 4.98 Å². The van der Waals surface area contributed by atoms with Gasteiger partial charge in [-0.05, 0) is 42.0 Å². The van der Waals surface area contributed by atoms with E-state index in [1.165, 1.54) is 18.4 Å². The van der Waals surface area contributed by atoms with Gasteiger partial charge in [-0.15, -0.1) is 22.7 Å². The molecule has 3 aromatic rings. The number of hydrogen-bond donors (Lipinski definition) is 1. The molecule has 0 unspecified atom stereocenters. The van der Waals surface area contributed by atoms with Crippen LogP contribution in [0, 0.1) is 0 Å². The highest BCUT2D eigenvalue weighted by molar-refractivity contribution is 7.20. The molecule has 0 aliphatic carbocycles. The highest BCUT2D eigenvalue weighted by Gasteiger charge is 2.10. The highest BCUT2D eigenvalue weighted by Crippen LogP contribution is 2.28. The van der Waals surface area contributed by atoms with Crippen molar-refractivity contribution in [2.75, 3.05) is 5.32 Å². The molecular formula is C19H20N2OS2. The van der Waals surface area contributed by atoms with Crippen LogP contribution >= 0.6 is 22.7 Å². The molecule has 0 spiro atoms. The summed E-state index contributed by atoms with van der Waals surface area (Å²) in [5.74, 6) is -0.0284. The maximum atomic E-state index is 12.2. The molecule has 1 aromatic carbocycles. The molecule has 0 aliphatic heterocycles. The maximum absolute atomic E-state index is 12.2. The summed E-state index contributed by atoms with van der Waals surface area (Å²) in [6.45, 7) is 2.19. The Labute approximate surface area is 150 Å². The van der Waals surface area contributed by atoms with Crippen LogP contribution in [0.2, 0.25) is 0 Å². The van der Waals surface area contributed by atoms with Crippen LogP contribution in [0.1, 0.15) is 31.0 Å². The first-order valence-corrected chi connectivity index (χ1v) is 9.87. The predicted octanol–water partition coefficient (Wildman–Crippen LogP) is 5.40. The van der Waals surface area contributed by atoms with Crippen LogP contribution in [-0.4, -0.2) is 10.9 Å². The lowest BCUT2D eigenvalue weighted by atomic mass is 10.1. The Morgan fingerprint density at radius 1 is 1.17 bits per heavy atom. The van der Waals surface area contributed by atoms with Crippen molar-refractivity contribution in [3.05, 3.63) is 58.4 Å². The molecule has 0 atom stereocenters. The summed E-state index contributed by atoms with van der Waals surface area (Å²) in [7, 11) is 0. The van der Waals surface area contributed by atoms with E-state index in [1.54, 1.807) is 22.7 Å². The van der Waals surface area contributed by atoms with E-state index < -0.39 is 0 Å². The molecule has 24 heavy (non-hydrogen) atoms. The van der Waals surface area contributed by atoms with E-state index in [0.29, 0.717) is 6.42 Å². The summed E-state index contributed by atoms with van der Waals surface area (Å²) in [5, 5.41) is 7.92. The highest BCUT2D eigenvalue weighted by atomic mass is 32.1. The van der Waals surface area contributed by atoms with Gasteiger partial charge >= 0.3 is 0 Å². The first-order valence-electron chi connectivity index (χ1n) is 8.11. The van der Waals surface area contributed by atoms with Crippen molar-refractivity contribution in [1.29, 1.82) is 0 Å². The summed E-state index contributed by atoms with van der Waals surface area (Å²) in [6, 6.07) is 12.2. The van der Waals surface area contributed by atoms with E-state index in [0.717, 1.165) is 27.7 Å². The van der Waals surface area contributed by atoms with Gasteiger partial charge in [0.1, 0.15) is 5.01 Å². The summed E-state index contributed by atoms with van der Waals surface area (Å²) in [4.78, 5) is 17.9. The van der Waals surface area contributed by atoms with Crippen LogP contribution in [0.15, 0.2) is 47.2 Å². The van der Waals surface area contributed by atoms with E-state index in [4.69, 9.17) is 0 Å². The SMILES string of the molecule is CCCCc1ccc(NC(=O)Cc2csc(-c3cccs3)n2)cc1. The zero-order chi connectivity index (χ0) is 16.8. The maximum Gasteiger partial charge on any atom is 0.230 e. The monoisotopic (exact) mass is 356 g/mol. The molecular weight excluding hydrogens is 336 g/mol. The van der Waals surface area contributed by atoms with Gasteiger partial charge in [0.25, 0.3) is 0 Å². The molecule has 1 amide bonds. The van der Waals surface area contributed by atoms with Crippen molar-refractivity contribution in [2.45, 2.75) is 32.6 Å². The van der Waals surface area contributed by atoms with Crippen LogP contribution < -0.4 is 5.32 Å². The van der Waals surface area contributed by atoms with Gasteiger partial charge in [-0.1, -0.05) is 31.5 Å². The average molecular weight is 357 g/mol. The third kappa shape index (κ3) is 4.52. The van der Waals surface area contributed by atoms with Crippen LogP contribution in [0.3, 0.4) is 0 Å². The number of aryl methyl sites for hydroxylation is 1. The molecule has 0 bridgehead atoms. The minimum absolute atomic E-state index is 0.0284. The normalized spacial score (nSPS) is 10.7. The fourth-order valence-electron chi connectivity index (χ4n) is 2.41. The minimum atomic E-state index is -0.0284. The number of nitrogens with zero attached hydrogens (tertiary/aromatic N) is 1. The minimum Gasteiger partial charge on any atom is -0.326 e. The number of carbonyl (C=O) groups excluding carboxylic acids is 1. The number of thiazole rings is 1. The summed E-state index contributed by atoms with van der Waals surface area (Å²) in [5.41, 5.74) is 2.98. The molecule has 124 valence electrons. The molecule has 0 aliphatic rings. The fourth-order valence-corrected chi connectivity index (χ4v) is 4.04. The Balaban J connectivity index is 1.55. The van der Waals surface area contributed by atoms with Gasteiger partial charge in [0.05, 0.1) is 17.0 Å². The predicted molar refractivity (Wildman–Crippen MR) is 103 cm³/mol. The largest absolute Gasteiger partial charge is 0.326 e. The number of nitrogens with one attached hydrogen (secondary N) is 1. The molecule has 0 saturated carbocycles. The van der Waals surface area contributed by atoms with Crippen molar-refractivity contribution in [2.24, 2.45) is 0 Å². The second kappa shape index (κ2) is 8.22. The zero-order valence-electron chi connectivity index (χ0n) is 13.6. The second-order valence-corrected chi connectivity index (χ2v) is 7.45. The quantitative estimate of drug-likeness (QED) is 0.616. The molecule has 0 radical (unpaired) electrons. The van der Waals surface area contributed by atoms with E-state index in [-0.39, 0.29) is 5.91 Å². The smallest absolute Gasteiger partial charge is 0.230 e. The number of unbranched alkanes of at least 4 members (excludes halogenated alkanes) is 1. The van der Waals surface area contributed by atoms with Gasteiger partial charge in [-0.2, -0.15) is 0 Å². The molecule has 2 heterocycles. The molecule has 0 saturated heterocycles. The lowest BCUT2D eigenvalue weighted by Crippen LogP contribution is -2.14. The average Bonchev–Trinajstić information content (AvgIpc) is 3.25. The molecule has 2 aromatic heterocycles. The first-order chi connectivity index (χ1) is 11.7. The number of carbonyl (C=O) groups is 1. The van der Waals surface area contributed by atoms with E-state index in [1.807, 2.05) is 35.0 Å². The Bertz CT molecular complexity index is 776. The van der Waals surface area contributed by atoms with Gasteiger partial charge in [-0.3, -0.25) is 4.79 Å². The number of rotatable bonds is 7. The Morgan fingerprint density at radius 3 is 2.71 bits per heavy atom. The Morgan fingerprint density at radius 2 is 2.00 bits per heavy atom. The number of benzene rings is 1. The third-order valence-corrected chi connectivity index (χ3v) is 5.61. The van der Waals surface area contributed by atoms with Crippen LogP contribution in [-0.2, 0) is 17.6 Å². The van der Waals surface area contributed by atoms with Gasteiger partial charge in [0.2, 0.25) is 5.91 Å². The zero-order valence-corrected chi connectivity index (χ0v) is 15.3. The van der Waals surface area contributed by atoms with Crippen LogP contribution in [0.4, 0.5) is 5.69 Å². The number of amides is 1. The lowest BCUT2D eigenvalue weighted by Gasteiger charge is -2.05.